The van der Waals surface area contributed by atoms with Crippen molar-refractivity contribution in [2.75, 3.05) is 0 Å². The van der Waals surface area contributed by atoms with Gasteiger partial charge in [-0.05, 0) is 26.0 Å². The number of aryl methyl sites for hydroxylation is 1. The largest absolute Gasteiger partial charge is 0.416 e. The highest BCUT2D eigenvalue weighted by Gasteiger charge is 2.30. The summed E-state index contributed by atoms with van der Waals surface area (Å²) in [7, 11) is 0. The van der Waals surface area contributed by atoms with Crippen molar-refractivity contribution in [2.24, 2.45) is 5.73 Å². The van der Waals surface area contributed by atoms with E-state index in [2.05, 4.69) is 4.98 Å². The predicted octanol–water partition coefficient (Wildman–Crippen LogP) is 4.16. The number of hydrogen-bond acceptors (Lipinski definition) is 3. The third kappa shape index (κ3) is 2.96. The molecule has 19 heavy (non-hydrogen) atoms. The first-order valence-corrected chi connectivity index (χ1v) is 6.51. The van der Waals surface area contributed by atoms with Crippen LogP contribution >= 0.6 is 11.3 Å². The first-order chi connectivity index (χ1) is 8.79. The summed E-state index contributed by atoms with van der Waals surface area (Å²) in [6, 6.07) is 4.91. The smallest absolute Gasteiger partial charge is 0.323 e. The third-order valence-corrected chi connectivity index (χ3v) is 3.81. The Kier molecular flexibility index (Phi) is 3.64. The maximum Gasteiger partial charge on any atom is 0.416 e. The number of nitrogens with zero attached hydrogens (tertiary/aromatic N) is 1. The Bertz CT molecular complexity index is 588. The molecule has 0 fully saturated rings. The highest BCUT2D eigenvalue weighted by molar-refractivity contribution is 7.12. The van der Waals surface area contributed by atoms with E-state index in [4.69, 9.17) is 5.73 Å². The van der Waals surface area contributed by atoms with Crippen LogP contribution in [0.5, 0.6) is 0 Å². The van der Waals surface area contributed by atoms with Gasteiger partial charge < -0.3 is 5.73 Å². The van der Waals surface area contributed by atoms with Gasteiger partial charge in [0, 0.05) is 16.5 Å². The fraction of sp³-hybridized carbons (Fsp3) is 0.308. The van der Waals surface area contributed by atoms with Gasteiger partial charge in [-0.25, -0.2) is 4.98 Å². The number of nitrogens with two attached hydrogens (primary N) is 1. The van der Waals surface area contributed by atoms with Gasteiger partial charge in [-0.3, -0.25) is 0 Å². The highest BCUT2D eigenvalue weighted by atomic mass is 32.1. The molecule has 6 heteroatoms. The molecule has 1 atom stereocenters. The lowest BCUT2D eigenvalue weighted by Crippen LogP contribution is -2.06. The van der Waals surface area contributed by atoms with E-state index in [1.54, 1.807) is 13.0 Å². The lowest BCUT2D eigenvalue weighted by molar-refractivity contribution is -0.137. The molecule has 0 aliphatic heterocycles. The zero-order chi connectivity index (χ0) is 14.2. The van der Waals surface area contributed by atoms with Crippen molar-refractivity contribution >= 4 is 11.3 Å². The Labute approximate surface area is 113 Å². The molecule has 0 saturated carbocycles. The van der Waals surface area contributed by atoms with Crippen molar-refractivity contribution in [3.8, 4) is 11.3 Å². The van der Waals surface area contributed by atoms with E-state index in [1.807, 2.05) is 6.92 Å². The zero-order valence-electron chi connectivity index (χ0n) is 10.5. The van der Waals surface area contributed by atoms with Crippen LogP contribution in [0.1, 0.15) is 28.4 Å². The highest BCUT2D eigenvalue weighted by Crippen LogP contribution is 2.35. The van der Waals surface area contributed by atoms with Crippen molar-refractivity contribution in [1.29, 1.82) is 0 Å². The Morgan fingerprint density at radius 2 is 2.00 bits per heavy atom. The Balaban J connectivity index is 2.54. The minimum Gasteiger partial charge on any atom is -0.323 e. The number of alkyl halides is 3. The minimum atomic E-state index is -4.35. The molecule has 1 heterocycles. The van der Waals surface area contributed by atoms with E-state index in [9.17, 15) is 13.2 Å². The fourth-order valence-corrected chi connectivity index (χ4v) is 2.70. The molecule has 1 aromatic heterocycles. The van der Waals surface area contributed by atoms with Crippen LogP contribution in [-0.2, 0) is 6.18 Å². The second-order valence-corrected chi connectivity index (χ2v) is 5.55. The Hall–Kier alpha value is -1.40. The van der Waals surface area contributed by atoms with Crippen molar-refractivity contribution < 1.29 is 13.2 Å². The molecule has 0 bridgehead atoms. The molecule has 0 radical (unpaired) electrons. The third-order valence-electron chi connectivity index (χ3n) is 2.64. The van der Waals surface area contributed by atoms with Gasteiger partial charge >= 0.3 is 6.18 Å². The molecule has 2 aromatic rings. The van der Waals surface area contributed by atoms with Crippen LogP contribution in [0.2, 0.25) is 0 Å². The number of aromatic nitrogens is 1. The summed E-state index contributed by atoms with van der Waals surface area (Å²) in [6.07, 6.45) is -4.35. The monoisotopic (exact) mass is 286 g/mol. The molecule has 1 unspecified atom stereocenters. The second kappa shape index (κ2) is 4.94. The average molecular weight is 286 g/mol. The predicted molar refractivity (Wildman–Crippen MR) is 69.9 cm³/mol. The maximum atomic E-state index is 12.7. The van der Waals surface area contributed by atoms with E-state index in [1.165, 1.54) is 17.4 Å². The minimum absolute atomic E-state index is 0.254. The number of rotatable bonds is 2. The van der Waals surface area contributed by atoms with Crippen molar-refractivity contribution in [1.82, 2.24) is 4.98 Å². The SMILES string of the molecule is Cc1nc(-c2cccc(C(F)(F)F)c2)c(C(C)N)s1. The lowest BCUT2D eigenvalue weighted by atomic mass is 10.1. The fourth-order valence-electron chi connectivity index (χ4n) is 1.80. The van der Waals surface area contributed by atoms with Gasteiger partial charge in [0.15, 0.2) is 0 Å². The van der Waals surface area contributed by atoms with E-state index in [0.717, 1.165) is 22.0 Å². The summed E-state index contributed by atoms with van der Waals surface area (Å²) < 4.78 is 38.1. The molecule has 2 rings (SSSR count). The molecule has 102 valence electrons. The van der Waals surface area contributed by atoms with E-state index in [0.29, 0.717) is 11.3 Å². The van der Waals surface area contributed by atoms with Crippen LogP contribution in [0.4, 0.5) is 13.2 Å². The summed E-state index contributed by atoms with van der Waals surface area (Å²) >= 11 is 1.41. The normalized spacial score (nSPS) is 13.6. The standard InChI is InChI=1S/C13H13F3N2S/c1-7(17)12-11(18-8(2)19-12)9-4-3-5-10(6-9)13(14,15)16/h3-7H,17H2,1-2H3. The molecule has 0 aliphatic carbocycles. The number of halogens is 3. The quantitative estimate of drug-likeness (QED) is 0.900. The summed E-state index contributed by atoms with van der Waals surface area (Å²) in [6.45, 7) is 3.61. The molecule has 0 aliphatic rings. The molecule has 1 aromatic carbocycles. The molecule has 2 N–H and O–H groups in total. The van der Waals surface area contributed by atoms with E-state index < -0.39 is 11.7 Å². The van der Waals surface area contributed by atoms with Gasteiger partial charge in [0.2, 0.25) is 0 Å². The van der Waals surface area contributed by atoms with Crippen LogP contribution in [0, 0.1) is 6.92 Å². The van der Waals surface area contributed by atoms with Crippen LogP contribution in [0.3, 0.4) is 0 Å². The first-order valence-electron chi connectivity index (χ1n) is 5.69. The van der Waals surface area contributed by atoms with Gasteiger partial charge in [-0.1, -0.05) is 12.1 Å². The second-order valence-electron chi connectivity index (χ2n) is 4.31. The first kappa shape index (κ1) is 14.0. The molecular weight excluding hydrogens is 273 g/mol. The van der Waals surface area contributed by atoms with Gasteiger partial charge in [0.1, 0.15) is 0 Å². The van der Waals surface area contributed by atoms with Gasteiger partial charge in [-0.2, -0.15) is 13.2 Å². The van der Waals surface area contributed by atoms with Crippen LogP contribution in [0.25, 0.3) is 11.3 Å². The van der Waals surface area contributed by atoms with Crippen molar-refractivity contribution in [3.63, 3.8) is 0 Å². The summed E-state index contributed by atoms with van der Waals surface area (Å²) in [5.74, 6) is 0. The van der Waals surface area contributed by atoms with Crippen molar-refractivity contribution in [2.45, 2.75) is 26.1 Å². The van der Waals surface area contributed by atoms with Crippen LogP contribution in [-0.4, -0.2) is 4.98 Å². The Morgan fingerprint density at radius 1 is 1.32 bits per heavy atom. The number of benzene rings is 1. The summed E-state index contributed by atoms with van der Waals surface area (Å²) in [4.78, 5) is 5.10. The molecule has 2 nitrogen and oxygen atoms in total. The molecule has 0 saturated heterocycles. The zero-order valence-corrected chi connectivity index (χ0v) is 11.3. The molecular formula is C13H13F3N2S. The average Bonchev–Trinajstić information content (AvgIpc) is 2.71. The number of hydrogen-bond donors (Lipinski definition) is 1. The topological polar surface area (TPSA) is 38.9 Å². The van der Waals surface area contributed by atoms with Crippen molar-refractivity contribution in [3.05, 3.63) is 39.7 Å². The maximum absolute atomic E-state index is 12.7. The molecule has 0 spiro atoms. The lowest BCUT2D eigenvalue weighted by Gasteiger charge is -2.09. The summed E-state index contributed by atoms with van der Waals surface area (Å²) in [5.41, 5.74) is 6.16. The van der Waals surface area contributed by atoms with E-state index in [-0.39, 0.29) is 6.04 Å². The molecule has 0 amide bonds. The Morgan fingerprint density at radius 3 is 2.58 bits per heavy atom. The number of thiazole rings is 1. The van der Waals surface area contributed by atoms with Crippen LogP contribution < -0.4 is 5.73 Å². The van der Waals surface area contributed by atoms with E-state index >= 15 is 0 Å². The van der Waals surface area contributed by atoms with Crippen LogP contribution in [0.15, 0.2) is 24.3 Å². The van der Waals surface area contributed by atoms with Gasteiger partial charge in [0.05, 0.1) is 16.3 Å². The van der Waals surface area contributed by atoms with Gasteiger partial charge in [-0.15, -0.1) is 11.3 Å². The van der Waals surface area contributed by atoms with Gasteiger partial charge in [0.25, 0.3) is 0 Å². The summed E-state index contributed by atoms with van der Waals surface area (Å²) in [5, 5.41) is 0.791.